The highest BCUT2D eigenvalue weighted by atomic mass is 16.5. The average Bonchev–Trinajstić information content (AvgIpc) is 2.52. The van der Waals surface area contributed by atoms with E-state index < -0.39 is 0 Å². The van der Waals surface area contributed by atoms with Crippen LogP contribution < -0.4 is 10.1 Å². The number of nitrogens with zero attached hydrogens (tertiary/aromatic N) is 1. The van der Waals surface area contributed by atoms with Gasteiger partial charge in [-0.15, -0.1) is 0 Å². The van der Waals surface area contributed by atoms with Crippen LogP contribution in [0.15, 0.2) is 48.5 Å². The van der Waals surface area contributed by atoms with Crippen molar-refractivity contribution in [1.82, 2.24) is 5.32 Å². The number of hydrogen-bond donors (Lipinski definition) is 1. The van der Waals surface area contributed by atoms with Gasteiger partial charge in [0.25, 0.3) is 0 Å². The maximum absolute atomic E-state index is 8.50. The van der Waals surface area contributed by atoms with E-state index >= 15 is 0 Å². The Morgan fingerprint density at radius 1 is 1.05 bits per heavy atom. The van der Waals surface area contributed by atoms with E-state index in [9.17, 15) is 0 Å². The van der Waals surface area contributed by atoms with Crippen molar-refractivity contribution in [3.63, 3.8) is 0 Å². The molecule has 2 aromatic rings. The van der Waals surface area contributed by atoms with Crippen molar-refractivity contribution in [2.24, 2.45) is 0 Å². The van der Waals surface area contributed by atoms with Crippen LogP contribution in [-0.4, -0.2) is 6.61 Å². The third kappa shape index (κ3) is 5.59. The van der Waals surface area contributed by atoms with Gasteiger partial charge in [0.2, 0.25) is 0 Å². The van der Waals surface area contributed by atoms with Gasteiger partial charge in [-0.25, -0.2) is 0 Å². The number of benzene rings is 2. The molecule has 0 spiro atoms. The van der Waals surface area contributed by atoms with Crippen molar-refractivity contribution in [3.05, 3.63) is 65.2 Å². The molecular formula is C19H22N2O. The molecule has 0 aliphatic carbocycles. The fourth-order valence-electron chi connectivity index (χ4n) is 2.26. The zero-order valence-corrected chi connectivity index (χ0v) is 13.0. The van der Waals surface area contributed by atoms with Crippen molar-refractivity contribution >= 4 is 0 Å². The van der Waals surface area contributed by atoms with Crippen molar-refractivity contribution < 1.29 is 4.74 Å². The fourth-order valence-corrected chi connectivity index (χ4v) is 2.26. The summed E-state index contributed by atoms with van der Waals surface area (Å²) in [5.74, 6) is 0.868. The molecule has 0 amide bonds. The topological polar surface area (TPSA) is 45.0 Å². The summed E-state index contributed by atoms with van der Waals surface area (Å²) in [6.45, 7) is 4.36. The van der Waals surface area contributed by atoms with Gasteiger partial charge >= 0.3 is 0 Å². The summed E-state index contributed by atoms with van der Waals surface area (Å²) in [6.07, 6.45) is 1.31. The quantitative estimate of drug-likeness (QED) is 0.749. The number of nitrogens with one attached hydrogen (secondary N) is 1. The zero-order chi connectivity index (χ0) is 15.6. The molecular weight excluding hydrogens is 272 g/mol. The van der Waals surface area contributed by atoms with Gasteiger partial charge in [0.1, 0.15) is 5.75 Å². The molecule has 2 aromatic carbocycles. The fraction of sp³-hybridized carbons (Fsp3) is 0.316. The Morgan fingerprint density at radius 2 is 1.77 bits per heavy atom. The van der Waals surface area contributed by atoms with Gasteiger partial charge in [0.15, 0.2) is 0 Å². The molecule has 3 nitrogen and oxygen atoms in total. The standard InChI is InChI=1S/C19H22N2O/c1-16-6-4-7-17(12-16)14-21-15-18-8-5-9-19(13-18)22-11-3-2-10-20/h4-9,12-13,21H,2-3,11,14-15H2,1H3. The Balaban J connectivity index is 1.79. The van der Waals surface area contributed by atoms with Crippen LogP contribution in [0.4, 0.5) is 0 Å². The lowest BCUT2D eigenvalue weighted by molar-refractivity contribution is 0.312. The Morgan fingerprint density at radius 3 is 2.50 bits per heavy atom. The normalized spacial score (nSPS) is 10.2. The minimum Gasteiger partial charge on any atom is -0.494 e. The summed E-state index contributed by atoms with van der Waals surface area (Å²) in [5, 5.41) is 12.0. The van der Waals surface area contributed by atoms with Gasteiger partial charge in [-0.2, -0.15) is 5.26 Å². The van der Waals surface area contributed by atoms with Crippen LogP contribution in [0.1, 0.15) is 29.5 Å². The SMILES string of the molecule is Cc1cccc(CNCc2cccc(OCCCC#N)c2)c1. The first-order chi connectivity index (χ1) is 10.8. The number of ether oxygens (including phenoxy) is 1. The molecule has 0 radical (unpaired) electrons. The van der Waals surface area contributed by atoms with E-state index in [-0.39, 0.29) is 0 Å². The third-order valence-corrected chi connectivity index (χ3v) is 3.34. The highest BCUT2D eigenvalue weighted by Crippen LogP contribution is 2.14. The second-order valence-electron chi connectivity index (χ2n) is 5.35. The number of nitriles is 1. The molecule has 1 N–H and O–H groups in total. The first kappa shape index (κ1) is 16.1. The lowest BCUT2D eigenvalue weighted by Crippen LogP contribution is -2.12. The minimum atomic E-state index is 0.539. The molecule has 0 aromatic heterocycles. The maximum Gasteiger partial charge on any atom is 0.119 e. The molecule has 114 valence electrons. The van der Waals surface area contributed by atoms with E-state index in [1.165, 1.54) is 16.7 Å². The summed E-state index contributed by atoms with van der Waals surface area (Å²) in [7, 11) is 0. The molecule has 0 saturated carbocycles. The van der Waals surface area contributed by atoms with Crippen LogP contribution in [0.2, 0.25) is 0 Å². The van der Waals surface area contributed by atoms with Crippen LogP contribution in [0, 0.1) is 18.3 Å². The van der Waals surface area contributed by atoms with E-state index in [4.69, 9.17) is 10.00 Å². The van der Waals surface area contributed by atoms with Gasteiger partial charge in [0.05, 0.1) is 12.7 Å². The largest absolute Gasteiger partial charge is 0.494 e. The van der Waals surface area contributed by atoms with Crippen molar-refractivity contribution in [2.45, 2.75) is 32.9 Å². The van der Waals surface area contributed by atoms with Crippen LogP contribution in [0.5, 0.6) is 5.75 Å². The molecule has 2 rings (SSSR count). The predicted molar refractivity (Wildman–Crippen MR) is 88.5 cm³/mol. The number of aryl methyl sites for hydroxylation is 1. The minimum absolute atomic E-state index is 0.539. The van der Waals surface area contributed by atoms with Crippen LogP contribution >= 0.6 is 0 Å². The summed E-state index contributed by atoms with van der Waals surface area (Å²) in [5.41, 5.74) is 3.78. The Hall–Kier alpha value is -2.31. The third-order valence-electron chi connectivity index (χ3n) is 3.34. The van der Waals surface area contributed by atoms with Crippen LogP contribution in [0.25, 0.3) is 0 Å². The van der Waals surface area contributed by atoms with E-state index in [0.29, 0.717) is 13.0 Å². The van der Waals surface area contributed by atoms with Gasteiger partial charge in [-0.1, -0.05) is 42.0 Å². The summed E-state index contributed by atoms with van der Waals surface area (Å²) in [4.78, 5) is 0. The summed E-state index contributed by atoms with van der Waals surface area (Å²) < 4.78 is 5.65. The molecule has 22 heavy (non-hydrogen) atoms. The molecule has 0 fully saturated rings. The Bertz CT molecular complexity index is 631. The van der Waals surface area contributed by atoms with Crippen molar-refractivity contribution in [3.8, 4) is 11.8 Å². The average molecular weight is 294 g/mol. The molecule has 0 atom stereocenters. The lowest BCUT2D eigenvalue weighted by Gasteiger charge is -2.09. The molecule has 0 saturated heterocycles. The first-order valence-electron chi connectivity index (χ1n) is 7.63. The number of rotatable bonds is 8. The molecule has 3 heteroatoms. The highest BCUT2D eigenvalue weighted by molar-refractivity contribution is 5.28. The van der Waals surface area contributed by atoms with Crippen molar-refractivity contribution in [1.29, 1.82) is 5.26 Å². The number of unbranched alkanes of at least 4 members (excludes halogenated alkanes) is 1. The van der Waals surface area contributed by atoms with E-state index in [0.717, 1.165) is 25.3 Å². The zero-order valence-electron chi connectivity index (χ0n) is 13.0. The monoisotopic (exact) mass is 294 g/mol. The molecule has 0 unspecified atom stereocenters. The second kappa shape index (κ2) is 8.86. The maximum atomic E-state index is 8.50. The molecule has 0 bridgehead atoms. The lowest BCUT2D eigenvalue weighted by atomic mass is 10.1. The van der Waals surface area contributed by atoms with E-state index in [2.05, 4.69) is 54.7 Å². The van der Waals surface area contributed by atoms with Gasteiger partial charge in [0, 0.05) is 19.5 Å². The molecule has 0 aliphatic heterocycles. The van der Waals surface area contributed by atoms with Gasteiger partial charge in [-0.05, 0) is 36.6 Å². The van der Waals surface area contributed by atoms with Gasteiger partial charge < -0.3 is 10.1 Å². The molecule has 0 heterocycles. The second-order valence-corrected chi connectivity index (χ2v) is 5.35. The predicted octanol–water partition coefficient (Wildman–Crippen LogP) is 3.97. The Kier molecular flexibility index (Phi) is 6.47. The Labute approximate surface area is 132 Å². The smallest absolute Gasteiger partial charge is 0.119 e. The first-order valence-corrected chi connectivity index (χ1v) is 7.63. The van der Waals surface area contributed by atoms with E-state index in [1.54, 1.807) is 0 Å². The summed E-state index contributed by atoms with van der Waals surface area (Å²) in [6, 6.07) is 18.7. The van der Waals surface area contributed by atoms with Crippen LogP contribution in [-0.2, 0) is 13.1 Å². The van der Waals surface area contributed by atoms with E-state index in [1.807, 2.05) is 12.1 Å². The van der Waals surface area contributed by atoms with Crippen LogP contribution in [0.3, 0.4) is 0 Å². The van der Waals surface area contributed by atoms with Crippen molar-refractivity contribution in [2.75, 3.05) is 6.61 Å². The molecule has 0 aliphatic rings. The van der Waals surface area contributed by atoms with Gasteiger partial charge in [-0.3, -0.25) is 0 Å². The summed E-state index contributed by atoms with van der Waals surface area (Å²) >= 11 is 0. The number of hydrogen-bond acceptors (Lipinski definition) is 3. The highest BCUT2D eigenvalue weighted by Gasteiger charge is 1.98.